The third kappa shape index (κ3) is 4.97. The first-order chi connectivity index (χ1) is 9.88. The third-order valence-corrected chi connectivity index (χ3v) is 2.97. The Bertz CT molecular complexity index is 485. The molecule has 0 fully saturated rings. The molecule has 20 heavy (non-hydrogen) atoms. The largest absolute Gasteiger partial charge is 0.494 e. The first-order valence-corrected chi connectivity index (χ1v) is 7.06. The maximum absolute atomic E-state index is 5.64. The number of unbranched alkanes of at least 4 members (excludes halogenated alkanes) is 1. The molecule has 0 saturated heterocycles. The van der Waals surface area contributed by atoms with E-state index in [-0.39, 0.29) is 0 Å². The Morgan fingerprint density at radius 3 is 2.65 bits per heavy atom. The summed E-state index contributed by atoms with van der Waals surface area (Å²) < 4.78 is 5.64. The van der Waals surface area contributed by atoms with E-state index in [1.54, 1.807) is 12.5 Å². The van der Waals surface area contributed by atoms with Gasteiger partial charge in [-0.3, -0.25) is 0 Å². The number of nitrogens with zero attached hydrogens (tertiary/aromatic N) is 2. The molecule has 2 rings (SSSR count). The topological polar surface area (TPSA) is 47.0 Å². The average molecular weight is 271 g/mol. The summed E-state index contributed by atoms with van der Waals surface area (Å²) in [7, 11) is 0. The summed E-state index contributed by atoms with van der Waals surface area (Å²) in [5, 5.41) is 3.36. The normalized spacial score (nSPS) is 10.4. The van der Waals surface area contributed by atoms with Crippen molar-refractivity contribution in [2.75, 3.05) is 6.61 Å². The molecule has 0 amide bonds. The van der Waals surface area contributed by atoms with Crippen LogP contribution in [0.25, 0.3) is 0 Å². The van der Waals surface area contributed by atoms with Crippen LogP contribution in [-0.2, 0) is 13.1 Å². The van der Waals surface area contributed by atoms with Gasteiger partial charge in [-0.05, 0) is 30.2 Å². The monoisotopic (exact) mass is 271 g/mol. The number of benzene rings is 1. The molecule has 0 radical (unpaired) electrons. The smallest absolute Gasteiger partial charge is 0.119 e. The van der Waals surface area contributed by atoms with Crippen LogP contribution in [0.5, 0.6) is 5.75 Å². The highest BCUT2D eigenvalue weighted by Crippen LogP contribution is 2.12. The van der Waals surface area contributed by atoms with Gasteiger partial charge in [-0.15, -0.1) is 0 Å². The number of hydrogen-bond acceptors (Lipinski definition) is 4. The fourth-order valence-electron chi connectivity index (χ4n) is 1.80. The lowest BCUT2D eigenvalue weighted by Crippen LogP contribution is -2.13. The lowest BCUT2D eigenvalue weighted by molar-refractivity contribution is 0.309. The molecule has 0 bridgehead atoms. The van der Waals surface area contributed by atoms with E-state index in [4.69, 9.17) is 4.74 Å². The number of rotatable bonds is 8. The summed E-state index contributed by atoms with van der Waals surface area (Å²) in [6, 6.07) is 10.1. The standard InChI is InChI=1S/C16H21N3O/c1-2-3-10-20-16-6-4-14(5-7-16)11-18-12-15-8-9-17-13-19-15/h4-9,13,18H,2-3,10-12H2,1H3. The van der Waals surface area contributed by atoms with E-state index in [1.165, 1.54) is 5.56 Å². The third-order valence-electron chi connectivity index (χ3n) is 2.97. The first kappa shape index (κ1) is 14.5. The summed E-state index contributed by atoms with van der Waals surface area (Å²) in [5.74, 6) is 0.943. The van der Waals surface area contributed by atoms with Crippen molar-refractivity contribution in [3.63, 3.8) is 0 Å². The van der Waals surface area contributed by atoms with Gasteiger partial charge in [0.2, 0.25) is 0 Å². The van der Waals surface area contributed by atoms with Gasteiger partial charge in [0.25, 0.3) is 0 Å². The number of aromatic nitrogens is 2. The second-order valence-electron chi connectivity index (χ2n) is 4.65. The molecule has 4 nitrogen and oxygen atoms in total. The molecule has 0 unspecified atom stereocenters. The zero-order valence-electron chi connectivity index (χ0n) is 11.9. The van der Waals surface area contributed by atoms with Crippen molar-refractivity contribution in [2.45, 2.75) is 32.9 Å². The zero-order chi connectivity index (χ0) is 14.0. The lowest BCUT2D eigenvalue weighted by Gasteiger charge is -2.07. The van der Waals surface area contributed by atoms with Gasteiger partial charge in [0.1, 0.15) is 12.1 Å². The predicted molar refractivity (Wildman–Crippen MR) is 79.4 cm³/mol. The second-order valence-corrected chi connectivity index (χ2v) is 4.65. The predicted octanol–water partition coefficient (Wildman–Crippen LogP) is 2.95. The molecule has 0 atom stereocenters. The molecule has 0 spiro atoms. The highest BCUT2D eigenvalue weighted by Gasteiger charge is 1.97. The van der Waals surface area contributed by atoms with Crippen molar-refractivity contribution < 1.29 is 4.74 Å². The van der Waals surface area contributed by atoms with E-state index < -0.39 is 0 Å². The van der Waals surface area contributed by atoms with Gasteiger partial charge in [-0.25, -0.2) is 9.97 Å². The molecule has 106 valence electrons. The van der Waals surface area contributed by atoms with Crippen LogP contribution in [-0.4, -0.2) is 16.6 Å². The molecule has 0 aliphatic heterocycles. The average Bonchev–Trinajstić information content (AvgIpc) is 2.50. The Morgan fingerprint density at radius 2 is 1.95 bits per heavy atom. The van der Waals surface area contributed by atoms with Crippen LogP contribution >= 0.6 is 0 Å². The van der Waals surface area contributed by atoms with Crippen LogP contribution in [0.3, 0.4) is 0 Å². The number of nitrogens with one attached hydrogen (secondary N) is 1. The summed E-state index contributed by atoms with van der Waals surface area (Å²) in [6.45, 7) is 4.52. The lowest BCUT2D eigenvalue weighted by atomic mass is 10.2. The summed E-state index contributed by atoms with van der Waals surface area (Å²) in [5.41, 5.74) is 2.24. The highest BCUT2D eigenvalue weighted by atomic mass is 16.5. The van der Waals surface area contributed by atoms with Crippen molar-refractivity contribution in [3.05, 3.63) is 54.1 Å². The Kier molecular flexibility index (Phi) is 5.99. The molecule has 0 aliphatic carbocycles. The quantitative estimate of drug-likeness (QED) is 0.750. The van der Waals surface area contributed by atoms with Crippen LogP contribution in [0.2, 0.25) is 0 Å². The maximum Gasteiger partial charge on any atom is 0.119 e. The molecule has 2 aromatic rings. The molecular formula is C16H21N3O. The maximum atomic E-state index is 5.64. The highest BCUT2D eigenvalue weighted by molar-refractivity contribution is 5.27. The summed E-state index contributed by atoms with van der Waals surface area (Å²) >= 11 is 0. The molecule has 4 heteroatoms. The number of ether oxygens (including phenoxy) is 1. The van der Waals surface area contributed by atoms with Crippen LogP contribution in [0, 0.1) is 0 Å². The minimum atomic E-state index is 0.747. The van der Waals surface area contributed by atoms with Crippen LogP contribution in [0.1, 0.15) is 31.0 Å². The zero-order valence-corrected chi connectivity index (χ0v) is 11.9. The minimum Gasteiger partial charge on any atom is -0.494 e. The summed E-state index contributed by atoms with van der Waals surface area (Å²) in [4.78, 5) is 8.07. The first-order valence-electron chi connectivity index (χ1n) is 7.06. The molecule has 1 heterocycles. The van der Waals surface area contributed by atoms with E-state index in [9.17, 15) is 0 Å². The van der Waals surface area contributed by atoms with Gasteiger partial charge in [0.05, 0.1) is 12.3 Å². The Hall–Kier alpha value is -1.94. The van der Waals surface area contributed by atoms with Gasteiger partial charge in [-0.1, -0.05) is 25.5 Å². The second kappa shape index (κ2) is 8.27. The summed E-state index contributed by atoms with van der Waals surface area (Å²) in [6.07, 6.45) is 5.58. The fourth-order valence-corrected chi connectivity index (χ4v) is 1.80. The van der Waals surface area contributed by atoms with E-state index in [2.05, 4.69) is 34.3 Å². The molecule has 1 aromatic carbocycles. The van der Waals surface area contributed by atoms with Gasteiger partial charge >= 0.3 is 0 Å². The molecule has 0 saturated carbocycles. The Morgan fingerprint density at radius 1 is 1.10 bits per heavy atom. The van der Waals surface area contributed by atoms with Gasteiger partial charge in [0, 0.05) is 19.3 Å². The van der Waals surface area contributed by atoms with Crippen molar-refractivity contribution in [3.8, 4) is 5.75 Å². The van der Waals surface area contributed by atoms with Crippen LogP contribution in [0.15, 0.2) is 42.9 Å². The van der Waals surface area contributed by atoms with E-state index in [1.807, 2.05) is 18.2 Å². The Labute approximate surface area is 120 Å². The van der Waals surface area contributed by atoms with E-state index in [0.717, 1.165) is 44.0 Å². The van der Waals surface area contributed by atoms with Crippen molar-refractivity contribution >= 4 is 0 Å². The van der Waals surface area contributed by atoms with Crippen molar-refractivity contribution in [1.82, 2.24) is 15.3 Å². The van der Waals surface area contributed by atoms with E-state index >= 15 is 0 Å². The molecule has 1 N–H and O–H groups in total. The van der Waals surface area contributed by atoms with Crippen molar-refractivity contribution in [2.24, 2.45) is 0 Å². The van der Waals surface area contributed by atoms with Crippen LogP contribution < -0.4 is 10.1 Å². The van der Waals surface area contributed by atoms with Gasteiger partial charge < -0.3 is 10.1 Å². The van der Waals surface area contributed by atoms with E-state index in [0.29, 0.717) is 0 Å². The number of hydrogen-bond donors (Lipinski definition) is 1. The Balaban J connectivity index is 1.73. The molecule has 1 aromatic heterocycles. The van der Waals surface area contributed by atoms with Gasteiger partial charge in [0.15, 0.2) is 0 Å². The molecular weight excluding hydrogens is 250 g/mol. The van der Waals surface area contributed by atoms with Crippen molar-refractivity contribution in [1.29, 1.82) is 0 Å². The molecule has 0 aliphatic rings. The fraction of sp³-hybridized carbons (Fsp3) is 0.375. The minimum absolute atomic E-state index is 0.747. The SMILES string of the molecule is CCCCOc1ccc(CNCc2ccncn2)cc1. The van der Waals surface area contributed by atoms with Gasteiger partial charge in [-0.2, -0.15) is 0 Å². The van der Waals surface area contributed by atoms with Crippen LogP contribution in [0.4, 0.5) is 0 Å².